The first kappa shape index (κ1) is 13.5. The summed E-state index contributed by atoms with van der Waals surface area (Å²) < 4.78 is 0. The van der Waals surface area contributed by atoms with Crippen LogP contribution in [0.1, 0.15) is 6.42 Å². The van der Waals surface area contributed by atoms with E-state index in [0.29, 0.717) is 16.7 Å². The molecule has 0 saturated heterocycles. The molecule has 0 aliphatic rings. The average Bonchev–Trinajstić information content (AvgIpc) is 2.43. The molecule has 1 aromatic heterocycles. The van der Waals surface area contributed by atoms with Crippen LogP contribution in [0.25, 0.3) is 10.9 Å². The number of benzene rings is 1. The summed E-state index contributed by atoms with van der Waals surface area (Å²) in [7, 11) is 0. The average molecular weight is 278 g/mol. The first-order valence-corrected chi connectivity index (χ1v) is 7.23. The van der Waals surface area contributed by atoms with Crippen molar-refractivity contribution in [2.24, 2.45) is 0 Å². The van der Waals surface area contributed by atoms with E-state index in [9.17, 15) is 10.1 Å². The molecule has 0 fully saturated rings. The van der Waals surface area contributed by atoms with E-state index in [1.54, 1.807) is 17.8 Å². The molecule has 0 aliphatic heterocycles. The van der Waals surface area contributed by atoms with Gasteiger partial charge in [0.2, 0.25) is 0 Å². The fraction of sp³-hybridized carbons (Fsp3) is 0.333. The van der Waals surface area contributed by atoms with Crippen LogP contribution in [0.4, 0.5) is 11.5 Å². The van der Waals surface area contributed by atoms with E-state index in [4.69, 9.17) is 0 Å². The summed E-state index contributed by atoms with van der Waals surface area (Å²) in [5, 5.41) is 14.7. The van der Waals surface area contributed by atoms with Crippen molar-refractivity contribution in [3.05, 3.63) is 34.6 Å². The van der Waals surface area contributed by atoms with E-state index in [0.717, 1.165) is 18.7 Å². The fourth-order valence-electron chi connectivity index (χ4n) is 1.72. The molecule has 0 bridgehead atoms. The van der Waals surface area contributed by atoms with Gasteiger partial charge in [0.15, 0.2) is 0 Å². The Morgan fingerprint density at radius 1 is 1.42 bits per heavy atom. The normalized spacial score (nSPS) is 10.6. The third-order valence-corrected chi connectivity index (χ3v) is 3.34. The summed E-state index contributed by atoms with van der Waals surface area (Å²) in [6.45, 7) is 0.787. The molecule has 1 aromatic carbocycles. The van der Waals surface area contributed by atoms with Gasteiger partial charge in [-0.05, 0) is 24.5 Å². The van der Waals surface area contributed by atoms with E-state index in [2.05, 4.69) is 21.5 Å². The van der Waals surface area contributed by atoms with Crippen LogP contribution in [0, 0.1) is 10.1 Å². The maximum absolute atomic E-state index is 10.8. The molecule has 0 atom stereocenters. The summed E-state index contributed by atoms with van der Waals surface area (Å²) in [5.74, 6) is 1.71. The van der Waals surface area contributed by atoms with Crippen molar-refractivity contribution in [1.82, 2.24) is 9.97 Å². The Morgan fingerprint density at radius 2 is 2.26 bits per heavy atom. The zero-order valence-electron chi connectivity index (χ0n) is 10.5. The predicted molar refractivity (Wildman–Crippen MR) is 77.7 cm³/mol. The number of hydrogen-bond acceptors (Lipinski definition) is 6. The minimum atomic E-state index is -0.413. The number of nitrogens with one attached hydrogen (secondary N) is 1. The van der Waals surface area contributed by atoms with Gasteiger partial charge in [0.25, 0.3) is 5.69 Å². The Kier molecular flexibility index (Phi) is 4.51. The lowest BCUT2D eigenvalue weighted by atomic mass is 10.2. The first-order chi connectivity index (χ1) is 9.22. The number of aromatic nitrogens is 2. The maximum Gasteiger partial charge on any atom is 0.270 e. The van der Waals surface area contributed by atoms with Crippen LogP contribution in [0.15, 0.2) is 24.5 Å². The van der Waals surface area contributed by atoms with Crippen LogP contribution >= 0.6 is 11.8 Å². The molecular formula is C12H14N4O2S. The topological polar surface area (TPSA) is 81.0 Å². The molecule has 19 heavy (non-hydrogen) atoms. The van der Waals surface area contributed by atoms with Gasteiger partial charge >= 0.3 is 0 Å². The second kappa shape index (κ2) is 6.33. The molecule has 0 saturated carbocycles. The fourth-order valence-corrected chi connectivity index (χ4v) is 2.16. The van der Waals surface area contributed by atoms with Crippen LogP contribution < -0.4 is 5.32 Å². The van der Waals surface area contributed by atoms with Gasteiger partial charge in [-0.15, -0.1) is 0 Å². The summed E-state index contributed by atoms with van der Waals surface area (Å²) in [6, 6.07) is 4.60. The number of thioether (sulfide) groups is 1. The number of fused-ring (bicyclic) bond motifs is 1. The summed E-state index contributed by atoms with van der Waals surface area (Å²) in [6.07, 6.45) is 4.54. The lowest BCUT2D eigenvalue weighted by Gasteiger charge is -2.07. The second-order valence-electron chi connectivity index (χ2n) is 3.95. The standard InChI is InChI=1S/C12H14N4O2S/c1-19-6-2-5-13-12-10-7-9(16(17)18)3-4-11(10)14-8-15-12/h3-4,7-8H,2,5-6H2,1H3,(H,13,14,15). The number of nitro groups is 1. The highest BCUT2D eigenvalue weighted by molar-refractivity contribution is 7.98. The van der Waals surface area contributed by atoms with Gasteiger partial charge in [-0.3, -0.25) is 10.1 Å². The molecule has 1 heterocycles. The highest BCUT2D eigenvalue weighted by Crippen LogP contribution is 2.24. The summed E-state index contributed by atoms with van der Waals surface area (Å²) >= 11 is 1.78. The summed E-state index contributed by atoms with van der Waals surface area (Å²) in [4.78, 5) is 18.6. The predicted octanol–water partition coefficient (Wildman–Crippen LogP) is 2.70. The minimum Gasteiger partial charge on any atom is -0.369 e. The van der Waals surface area contributed by atoms with Crippen molar-refractivity contribution in [3.63, 3.8) is 0 Å². The smallest absolute Gasteiger partial charge is 0.270 e. The lowest BCUT2D eigenvalue weighted by molar-refractivity contribution is -0.384. The van der Waals surface area contributed by atoms with Crippen molar-refractivity contribution in [1.29, 1.82) is 0 Å². The number of hydrogen-bond donors (Lipinski definition) is 1. The number of nitro benzene ring substituents is 1. The van der Waals surface area contributed by atoms with E-state index >= 15 is 0 Å². The van der Waals surface area contributed by atoms with Gasteiger partial charge in [-0.25, -0.2) is 9.97 Å². The van der Waals surface area contributed by atoms with Crippen LogP contribution in [0.5, 0.6) is 0 Å². The molecule has 0 unspecified atom stereocenters. The van der Waals surface area contributed by atoms with Crippen LogP contribution in [0.3, 0.4) is 0 Å². The van der Waals surface area contributed by atoms with Gasteiger partial charge in [0.1, 0.15) is 12.1 Å². The molecule has 0 aliphatic carbocycles. The van der Waals surface area contributed by atoms with E-state index in [1.807, 2.05) is 0 Å². The Hall–Kier alpha value is -1.89. The van der Waals surface area contributed by atoms with E-state index in [-0.39, 0.29) is 5.69 Å². The van der Waals surface area contributed by atoms with Crippen molar-refractivity contribution in [3.8, 4) is 0 Å². The monoisotopic (exact) mass is 278 g/mol. The number of rotatable bonds is 6. The Bertz CT molecular complexity index is 591. The number of non-ortho nitro benzene ring substituents is 1. The molecule has 0 spiro atoms. The van der Waals surface area contributed by atoms with Gasteiger partial charge in [0.05, 0.1) is 10.4 Å². The minimum absolute atomic E-state index is 0.0504. The van der Waals surface area contributed by atoms with Crippen molar-refractivity contribution < 1.29 is 4.92 Å². The zero-order valence-corrected chi connectivity index (χ0v) is 11.3. The Balaban J connectivity index is 2.26. The molecule has 2 rings (SSSR count). The molecular weight excluding hydrogens is 264 g/mol. The third kappa shape index (κ3) is 3.31. The van der Waals surface area contributed by atoms with Gasteiger partial charge in [0, 0.05) is 24.1 Å². The quantitative estimate of drug-likeness (QED) is 0.497. The molecule has 7 heteroatoms. The second-order valence-corrected chi connectivity index (χ2v) is 4.94. The lowest BCUT2D eigenvalue weighted by Crippen LogP contribution is -2.05. The number of anilines is 1. The van der Waals surface area contributed by atoms with Gasteiger partial charge in [-0.1, -0.05) is 0 Å². The summed E-state index contributed by atoms with van der Waals surface area (Å²) in [5.41, 5.74) is 0.752. The van der Waals surface area contributed by atoms with Crippen molar-refractivity contribution in [2.45, 2.75) is 6.42 Å². The highest BCUT2D eigenvalue weighted by atomic mass is 32.2. The Labute approximate surface area is 114 Å². The molecule has 0 radical (unpaired) electrons. The maximum atomic E-state index is 10.8. The SMILES string of the molecule is CSCCCNc1ncnc2ccc([N+](=O)[O-])cc12. The molecule has 100 valence electrons. The molecule has 2 aromatic rings. The van der Waals surface area contributed by atoms with E-state index in [1.165, 1.54) is 18.5 Å². The van der Waals surface area contributed by atoms with Gasteiger partial charge < -0.3 is 5.32 Å². The van der Waals surface area contributed by atoms with Crippen LogP contribution in [0.2, 0.25) is 0 Å². The zero-order chi connectivity index (χ0) is 13.7. The molecule has 6 nitrogen and oxygen atoms in total. The van der Waals surface area contributed by atoms with Crippen molar-refractivity contribution in [2.75, 3.05) is 23.9 Å². The molecule has 1 N–H and O–H groups in total. The van der Waals surface area contributed by atoms with E-state index < -0.39 is 4.92 Å². The molecule has 0 amide bonds. The third-order valence-electron chi connectivity index (χ3n) is 2.65. The largest absolute Gasteiger partial charge is 0.369 e. The Morgan fingerprint density at radius 3 is 3.00 bits per heavy atom. The van der Waals surface area contributed by atoms with Crippen molar-refractivity contribution >= 4 is 34.2 Å². The first-order valence-electron chi connectivity index (χ1n) is 5.84. The van der Waals surface area contributed by atoms with Crippen LogP contribution in [-0.4, -0.2) is 33.4 Å². The van der Waals surface area contributed by atoms with Crippen LogP contribution in [-0.2, 0) is 0 Å². The number of nitrogens with zero attached hydrogens (tertiary/aromatic N) is 3. The van der Waals surface area contributed by atoms with Gasteiger partial charge in [-0.2, -0.15) is 11.8 Å². The highest BCUT2D eigenvalue weighted by Gasteiger charge is 2.10.